The van der Waals surface area contributed by atoms with Crippen LogP contribution in [0.25, 0.3) is 84.6 Å². The lowest BCUT2D eigenvalue weighted by molar-refractivity contribution is 0.794. The third-order valence-corrected chi connectivity index (χ3v) is 11.9. The summed E-state index contributed by atoms with van der Waals surface area (Å²) in [5.41, 5.74) is 17.2. The van der Waals surface area contributed by atoms with E-state index in [0.717, 1.165) is 44.9 Å². The quantitative estimate of drug-likeness (QED) is 0.176. The molecule has 5 nitrogen and oxygen atoms in total. The summed E-state index contributed by atoms with van der Waals surface area (Å²) in [6.07, 6.45) is 2.07. The first-order chi connectivity index (χ1) is 28.8. The van der Waals surface area contributed by atoms with Crippen molar-refractivity contribution in [1.29, 1.82) is 0 Å². The van der Waals surface area contributed by atoms with Crippen molar-refractivity contribution in [2.75, 3.05) is 0 Å². The van der Waals surface area contributed by atoms with Crippen LogP contribution in [0.4, 0.5) is 0 Å². The van der Waals surface area contributed by atoms with E-state index in [4.69, 9.17) is 19.9 Å². The lowest BCUT2D eigenvalue weighted by Gasteiger charge is -2.30. The number of fused-ring (bicyclic) bond motifs is 11. The summed E-state index contributed by atoms with van der Waals surface area (Å²) in [6, 6.07) is 68.6. The highest BCUT2D eigenvalue weighted by Gasteiger charge is 2.51. The van der Waals surface area contributed by atoms with Crippen LogP contribution < -0.4 is 0 Å². The van der Waals surface area contributed by atoms with Crippen molar-refractivity contribution >= 4 is 5.65 Å². The van der Waals surface area contributed by atoms with Crippen molar-refractivity contribution in [3.05, 3.63) is 223 Å². The van der Waals surface area contributed by atoms with E-state index >= 15 is 0 Å². The summed E-state index contributed by atoms with van der Waals surface area (Å²) in [5, 5.41) is 0. The Morgan fingerprint density at radius 2 is 0.810 bits per heavy atom. The first kappa shape index (κ1) is 32.5. The maximum atomic E-state index is 5.36. The van der Waals surface area contributed by atoms with Crippen LogP contribution in [0.15, 0.2) is 200 Å². The van der Waals surface area contributed by atoms with Gasteiger partial charge in [0.05, 0.1) is 16.8 Å². The molecule has 12 rings (SSSR count). The summed E-state index contributed by atoms with van der Waals surface area (Å²) in [7, 11) is 0. The second-order valence-electron chi connectivity index (χ2n) is 15.0. The number of imidazole rings is 1. The van der Waals surface area contributed by atoms with Crippen molar-refractivity contribution in [1.82, 2.24) is 24.3 Å². The Bertz CT molecular complexity index is 3170. The van der Waals surface area contributed by atoms with E-state index in [1.54, 1.807) is 0 Å². The van der Waals surface area contributed by atoms with Crippen LogP contribution in [0.5, 0.6) is 0 Å². The number of benzene rings is 7. The molecular weight excluding hydrogens is 707 g/mol. The molecule has 0 saturated carbocycles. The monoisotopic (exact) mass is 739 g/mol. The zero-order chi connectivity index (χ0) is 38.2. The molecule has 1 spiro atoms. The summed E-state index contributed by atoms with van der Waals surface area (Å²) in [5.74, 6) is 1.82. The van der Waals surface area contributed by atoms with Gasteiger partial charge in [0, 0.05) is 34.0 Å². The Labute approximate surface area is 335 Å². The minimum absolute atomic E-state index is 0.475. The molecule has 270 valence electrons. The Morgan fingerprint density at radius 3 is 1.45 bits per heavy atom. The molecule has 58 heavy (non-hydrogen) atoms. The molecule has 3 aromatic heterocycles. The fraction of sp³-hybridized carbons (Fsp3) is 0.0189. The third kappa shape index (κ3) is 4.64. The van der Waals surface area contributed by atoms with Crippen LogP contribution in [-0.2, 0) is 5.41 Å². The highest BCUT2D eigenvalue weighted by molar-refractivity contribution is 5.96. The Morgan fingerprint density at radius 1 is 0.328 bits per heavy atom. The smallest absolute Gasteiger partial charge is 0.164 e. The largest absolute Gasteiger partial charge is 0.299 e. The van der Waals surface area contributed by atoms with Gasteiger partial charge in [0.2, 0.25) is 0 Å². The molecule has 0 saturated heterocycles. The molecule has 5 heteroatoms. The van der Waals surface area contributed by atoms with Crippen molar-refractivity contribution < 1.29 is 0 Å². The molecular formula is C53H33N5. The van der Waals surface area contributed by atoms with Gasteiger partial charge in [-0.05, 0) is 62.7 Å². The molecule has 0 fully saturated rings. The van der Waals surface area contributed by atoms with Gasteiger partial charge in [-0.1, -0.05) is 176 Å². The zero-order valence-corrected chi connectivity index (χ0v) is 31.3. The summed E-state index contributed by atoms with van der Waals surface area (Å²) >= 11 is 0. The highest BCUT2D eigenvalue weighted by atomic mass is 15.0. The Kier molecular flexibility index (Phi) is 7.07. The van der Waals surface area contributed by atoms with Gasteiger partial charge >= 0.3 is 0 Å². The van der Waals surface area contributed by atoms with Gasteiger partial charge in [-0.15, -0.1) is 0 Å². The molecule has 0 N–H and O–H groups in total. The first-order valence-electron chi connectivity index (χ1n) is 19.7. The van der Waals surface area contributed by atoms with E-state index in [9.17, 15) is 0 Å². The molecule has 2 aliphatic carbocycles. The average Bonchev–Trinajstić information content (AvgIpc) is 3.94. The zero-order valence-electron chi connectivity index (χ0n) is 31.3. The number of rotatable bonds is 5. The number of aromatic nitrogens is 5. The average molecular weight is 740 g/mol. The highest BCUT2D eigenvalue weighted by Crippen LogP contribution is 2.63. The summed E-state index contributed by atoms with van der Waals surface area (Å²) in [6.45, 7) is 0. The normalized spacial score (nSPS) is 13.0. The number of hydrogen-bond acceptors (Lipinski definition) is 4. The minimum Gasteiger partial charge on any atom is -0.299 e. The second-order valence-corrected chi connectivity index (χ2v) is 15.0. The molecule has 2 aliphatic rings. The SMILES string of the molecule is c1ccc(-c2nc(-c3ccc4c(c3)C3(c5ccccc5-c5ccccc53)c3ccccc3-4)nc(-c3ccccc3-c3nc4ccccn4c3-c3ccccc3)n2)cc1. The lowest BCUT2D eigenvalue weighted by Crippen LogP contribution is -2.25. The fourth-order valence-electron chi connectivity index (χ4n) is 9.52. The Hall–Kier alpha value is -7.76. The molecule has 3 heterocycles. The van der Waals surface area contributed by atoms with E-state index in [1.807, 2.05) is 48.5 Å². The molecule has 0 atom stereocenters. The van der Waals surface area contributed by atoms with Crippen LogP contribution in [0.2, 0.25) is 0 Å². The topological polar surface area (TPSA) is 56.0 Å². The van der Waals surface area contributed by atoms with Crippen molar-refractivity contribution in [2.45, 2.75) is 5.41 Å². The number of nitrogens with zero attached hydrogens (tertiary/aromatic N) is 5. The molecule has 0 unspecified atom stereocenters. The van der Waals surface area contributed by atoms with E-state index in [1.165, 1.54) is 44.5 Å². The van der Waals surface area contributed by atoms with Gasteiger partial charge in [0.15, 0.2) is 17.5 Å². The maximum absolute atomic E-state index is 5.36. The predicted molar refractivity (Wildman–Crippen MR) is 232 cm³/mol. The van der Waals surface area contributed by atoms with Gasteiger partial charge in [-0.2, -0.15) is 0 Å². The minimum atomic E-state index is -0.475. The van der Waals surface area contributed by atoms with E-state index in [-0.39, 0.29) is 0 Å². The van der Waals surface area contributed by atoms with Crippen LogP contribution in [-0.4, -0.2) is 24.3 Å². The van der Waals surface area contributed by atoms with Crippen molar-refractivity contribution in [3.8, 4) is 78.9 Å². The standard InChI is InChI=1S/C53H33N5/c1-3-17-34(18-4-1)49-48(54-47-29-15-16-32-58(47)49)41-24-7-8-25-42(41)52-56-50(35-19-5-2-6-20-35)55-51(57-52)36-30-31-40-39-23-11-14-28-45(39)53(46(40)33-36)43-26-12-9-21-37(43)38-22-10-13-27-44(38)53/h1-33H. The van der Waals surface area contributed by atoms with Crippen LogP contribution in [0.1, 0.15) is 22.3 Å². The van der Waals surface area contributed by atoms with Crippen molar-refractivity contribution in [3.63, 3.8) is 0 Å². The van der Waals surface area contributed by atoms with E-state index in [0.29, 0.717) is 17.5 Å². The summed E-state index contributed by atoms with van der Waals surface area (Å²) < 4.78 is 2.16. The lowest BCUT2D eigenvalue weighted by atomic mass is 9.70. The molecule has 0 bridgehead atoms. The number of hydrogen-bond donors (Lipinski definition) is 0. The fourth-order valence-corrected chi connectivity index (χ4v) is 9.52. The summed E-state index contributed by atoms with van der Waals surface area (Å²) in [4.78, 5) is 21.1. The van der Waals surface area contributed by atoms with Gasteiger partial charge in [-0.3, -0.25) is 4.40 Å². The molecule has 0 aliphatic heterocycles. The van der Waals surface area contributed by atoms with Crippen LogP contribution >= 0.6 is 0 Å². The second kappa shape index (κ2) is 12.6. The van der Waals surface area contributed by atoms with E-state index in [2.05, 4.69) is 156 Å². The molecule has 0 amide bonds. The van der Waals surface area contributed by atoms with Gasteiger partial charge in [0.25, 0.3) is 0 Å². The first-order valence-corrected chi connectivity index (χ1v) is 19.7. The van der Waals surface area contributed by atoms with Gasteiger partial charge < -0.3 is 0 Å². The maximum Gasteiger partial charge on any atom is 0.164 e. The Balaban J connectivity index is 1.10. The molecule has 10 aromatic rings. The van der Waals surface area contributed by atoms with Crippen molar-refractivity contribution in [2.24, 2.45) is 0 Å². The predicted octanol–water partition coefficient (Wildman–Crippen LogP) is 12.2. The van der Waals surface area contributed by atoms with Gasteiger partial charge in [0.1, 0.15) is 5.65 Å². The number of pyridine rings is 1. The van der Waals surface area contributed by atoms with E-state index < -0.39 is 5.41 Å². The van der Waals surface area contributed by atoms with Crippen LogP contribution in [0.3, 0.4) is 0 Å². The van der Waals surface area contributed by atoms with Crippen LogP contribution in [0, 0.1) is 0 Å². The van der Waals surface area contributed by atoms with Gasteiger partial charge in [-0.25, -0.2) is 19.9 Å². The molecule has 0 radical (unpaired) electrons. The molecule has 7 aromatic carbocycles. The third-order valence-electron chi connectivity index (χ3n) is 11.9.